The van der Waals surface area contributed by atoms with E-state index in [2.05, 4.69) is 9.88 Å². The number of aliphatic hydroxyl groups is 1. The molecule has 1 aromatic heterocycles. The van der Waals surface area contributed by atoms with Gasteiger partial charge in [0.2, 0.25) is 0 Å². The molecule has 2 aromatic rings. The van der Waals surface area contributed by atoms with Crippen molar-refractivity contribution in [1.29, 1.82) is 5.41 Å². The Morgan fingerprint density at radius 3 is 2.33 bits per heavy atom. The molecule has 0 spiro atoms. The number of nitrogens with zero attached hydrogens (tertiary/aromatic N) is 2. The van der Waals surface area contributed by atoms with Crippen molar-refractivity contribution in [2.45, 2.75) is 56.7 Å². The highest BCUT2D eigenvalue weighted by Crippen LogP contribution is 2.41. The standard InChI is InChI=1S/C27H29F2N3O4/c1-35-27(34)16-7-10-23(31-13-16)32-17-8-9-18(32)12-19(11-17)36-14-20(26(33)15-5-6-15)25(30)24-21(28)3-2-4-22(24)29/h2-4,7,10,13,15,17-19,30,33H,5-6,8-9,11-12,14H2,1H3/b26-20-,30-25?/t17-,18?,19?/m0/s1. The molecule has 0 amide bonds. The normalized spacial score (nSPS) is 23.9. The highest BCUT2D eigenvalue weighted by molar-refractivity contribution is 6.11. The van der Waals surface area contributed by atoms with Crippen molar-refractivity contribution in [1.82, 2.24) is 4.98 Å². The number of aliphatic hydroxyl groups excluding tert-OH is 1. The summed E-state index contributed by atoms with van der Waals surface area (Å²) in [4.78, 5) is 18.5. The van der Waals surface area contributed by atoms with Gasteiger partial charge in [-0.15, -0.1) is 0 Å². The molecule has 3 aliphatic rings. The molecule has 3 atom stereocenters. The van der Waals surface area contributed by atoms with Gasteiger partial charge in [0.05, 0.1) is 36.7 Å². The lowest BCUT2D eigenvalue weighted by Gasteiger charge is -2.39. The number of benzene rings is 1. The van der Waals surface area contributed by atoms with Gasteiger partial charge in [-0.1, -0.05) is 6.07 Å². The third kappa shape index (κ3) is 4.72. The van der Waals surface area contributed by atoms with Crippen molar-refractivity contribution in [2.24, 2.45) is 5.92 Å². The number of anilines is 1. The van der Waals surface area contributed by atoms with Crippen LogP contribution < -0.4 is 4.90 Å². The van der Waals surface area contributed by atoms with E-state index in [0.29, 0.717) is 5.56 Å². The van der Waals surface area contributed by atoms with E-state index in [4.69, 9.17) is 14.9 Å². The Bertz CT molecular complexity index is 1160. The Labute approximate surface area is 208 Å². The molecule has 1 aliphatic carbocycles. The maximum Gasteiger partial charge on any atom is 0.339 e. The fraction of sp³-hybridized carbons (Fsp3) is 0.444. The second-order valence-electron chi connectivity index (χ2n) is 9.70. The van der Waals surface area contributed by atoms with Crippen LogP contribution in [-0.4, -0.2) is 53.7 Å². The number of aromatic nitrogens is 1. The van der Waals surface area contributed by atoms with E-state index in [0.717, 1.165) is 56.5 Å². The lowest BCUT2D eigenvalue weighted by Crippen LogP contribution is -2.46. The second kappa shape index (κ2) is 9.97. The maximum atomic E-state index is 14.4. The molecular weight excluding hydrogens is 468 g/mol. The Hall–Kier alpha value is -3.33. The molecule has 7 nitrogen and oxygen atoms in total. The summed E-state index contributed by atoms with van der Waals surface area (Å²) >= 11 is 0. The first-order valence-corrected chi connectivity index (χ1v) is 12.3. The van der Waals surface area contributed by atoms with Crippen molar-refractivity contribution < 1.29 is 28.2 Å². The molecule has 9 heteroatoms. The molecule has 1 saturated carbocycles. The van der Waals surface area contributed by atoms with E-state index < -0.39 is 23.2 Å². The number of nitrogens with one attached hydrogen (secondary N) is 1. The minimum atomic E-state index is -0.835. The van der Waals surface area contributed by atoms with Gasteiger partial charge in [-0.2, -0.15) is 0 Å². The van der Waals surface area contributed by atoms with Crippen LogP contribution in [0.5, 0.6) is 0 Å². The zero-order valence-electron chi connectivity index (χ0n) is 20.0. The first-order chi connectivity index (χ1) is 17.4. The number of esters is 1. The number of hydrogen-bond donors (Lipinski definition) is 2. The van der Waals surface area contributed by atoms with E-state index in [-0.39, 0.29) is 47.8 Å². The monoisotopic (exact) mass is 497 g/mol. The summed E-state index contributed by atoms with van der Waals surface area (Å²) in [6, 6.07) is 7.43. The number of carbonyl (C=O) groups is 1. The number of halogens is 2. The third-order valence-electron chi connectivity index (χ3n) is 7.37. The predicted molar refractivity (Wildman–Crippen MR) is 129 cm³/mol. The fourth-order valence-corrected chi connectivity index (χ4v) is 5.38. The zero-order chi connectivity index (χ0) is 25.4. The van der Waals surface area contributed by atoms with E-state index >= 15 is 0 Å². The van der Waals surface area contributed by atoms with Gasteiger partial charge >= 0.3 is 5.97 Å². The average Bonchev–Trinajstić information content (AvgIpc) is 3.69. The summed E-state index contributed by atoms with van der Waals surface area (Å²) in [6.07, 6.45) is 6.40. The number of ether oxygens (including phenoxy) is 2. The molecule has 2 saturated heterocycles. The van der Waals surface area contributed by atoms with Gasteiger partial charge in [0.1, 0.15) is 23.2 Å². The van der Waals surface area contributed by atoms with E-state index in [1.165, 1.54) is 19.4 Å². The Balaban J connectivity index is 1.28. The van der Waals surface area contributed by atoms with Crippen LogP contribution in [0.15, 0.2) is 47.9 Å². The molecule has 0 radical (unpaired) electrons. The number of pyridine rings is 1. The van der Waals surface area contributed by atoms with Crippen LogP contribution in [0.3, 0.4) is 0 Å². The molecule has 190 valence electrons. The van der Waals surface area contributed by atoms with Gasteiger partial charge in [0, 0.05) is 29.8 Å². The summed E-state index contributed by atoms with van der Waals surface area (Å²) in [7, 11) is 1.33. The first kappa shape index (κ1) is 24.4. The fourth-order valence-electron chi connectivity index (χ4n) is 5.38. The highest BCUT2D eigenvalue weighted by atomic mass is 19.1. The molecule has 2 unspecified atom stereocenters. The lowest BCUT2D eigenvalue weighted by molar-refractivity contribution is 0.0408. The molecule has 3 fully saturated rings. The van der Waals surface area contributed by atoms with Crippen LogP contribution in [0.1, 0.15) is 54.4 Å². The van der Waals surface area contributed by atoms with E-state index in [1.807, 2.05) is 6.07 Å². The number of piperidine rings is 1. The summed E-state index contributed by atoms with van der Waals surface area (Å²) < 4.78 is 39.7. The average molecular weight is 498 g/mol. The molecule has 1 aromatic carbocycles. The van der Waals surface area contributed by atoms with Crippen molar-refractivity contribution >= 4 is 17.5 Å². The number of fused-ring (bicyclic) bond motifs is 2. The van der Waals surface area contributed by atoms with Crippen molar-refractivity contribution in [3.05, 3.63) is 70.6 Å². The SMILES string of the molecule is COC(=O)c1ccc(N2C3CC[C@H]2CC(OC/C(C(=N)c2c(F)cccc2F)=C(/O)C2CC2)C3)nc1. The van der Waals surface area contributed by atoms with Crippen molar-refractivity contribution in [3.63, 3.8) is 0 Å². The summed E-state index contributed by atoms with van der Waals surface area (Å²) in [5, 5.41) is 19.3. The van der Waals surface area contributed by atoms with Gasteiger partial charge in [-0.25, -0.2) is 18.6 Å². The van der Waals surface area contributed by atoms with Crippen LogP contribution in [0.4, 0.5) is 14.6 Å². The van der Waals surface area contributed by atoms with Crippen LogP contribution in [0.25, 0.3) is 0 Å². The maximum absolute atomic E-state index is 14.4. The minimum Gasteiger partial charge on any atom is -0.512 e. The lowest BCUT2D eigenvalue weighted by atomic mass is 9.97. The third-order valence-corrected chi connectivity index (χ3v) is 7.37. The number of allylic oxidation sites excluding steroid dienone is 1. The summed E-state index contributed by atoms with van der Waals surface area (Å²) in [5.74, 6) is -1.38. The predicted octanol–water partition coefficient (Wildman–Crippen LogP) is 4.95. The quantitative estimate of drug-likeness (QED) is 0.304. The molecule has 36 heavy (non-hydrogen) atoms. The Morgan fingerprint density at radius 2 is 1.78 bits per heavy atom. The molecule has 2 N–H and O–H groups in total. The van der Waals surface area contributed by atoms with Gasteiger partial charge in [-0.3, -0.25) is 5.41 Å². The van der Waals surface area contributed by atoms with Crippen LogP contribution >= 0.6 is 0 Å². The van der Waals surface area contributed by atoms with Gasteiger partial charge < -0.3 is 19.5 Å². The van der Waals surface area contributed by atoms with Crippen LogP contribution in [0, 0.1) is 23.0 Å². The zero-order valence-corrected chi connectivity index (χ0v) is 20.0. The number of carbonyl (C=O) groups excluding carboxylic acids is 1. The molecular formula is C27H29F2N3O4. The Kier molecular flexibility index (Phi) is 6.75. The first-order valence-electron chi connectivity index (χ1n) is 12.3. The molecule has 3 heterocycles. The smallest absolute Gasteiger partial charge is 0.339 e. The summed E-state index contributed by atoms with van der Waals surface area (Å²) in [6.45, 7) is -0.0783. The number of hydrogen-bond acceptors (Lipinski definition) is 7. The second-order valence-corrected chi connectivity index (χ2v) is 9.70. The van der Waals surface area contributed by atoms with Gasteiger partial charge in [0.15, 0.2) is 0 Å². The molecule has 5 rings (SSSR count). The number of methoxy groups -OCH3 is 1. The van der Waals surface area contributed by atoms with E-state index in [9.17, 15) is 18.7 Å². The highest BCUT2D eigenvalue weighted by Gasteiger charge is 2.42. The topological polar surface area (TPSA) is 95.7 Å². The summed E-state index contributed by atoms with van der Waals surface area (Å²) in [5.41, 5.74) is -0.267. The molecule has 2 aliphatic heterocycles. The van der Waals surface area contributed by atoms with Gasteiger partial charge in [0.25, 0.3) is 0 Å². The number of rotatable bonds is 8. The van der Waals surface area contributed by atoms with E-state index in [1.54, 1.807) is 6.07 Å². The van der Waals surface area contributed by atoms with Crippen molar-refractivity contribution in [2.75, 3.05) is 18.6 Å². The van der Waals surface area contributed by atoms with Crippen molar-refractivity contribution in [3.8, 4) is 0 Å². The van der Waals surface area contributed by atoms with Crippen LogP contribution in [-0.2, 0) is 9.47 Å². The van der Waals surface area contributed by atoms with Crippen LogP contribution in [0.2, 0.25) is 0 Å². The largest absolute Gasteiger partial charge is 0.512 e. The molecule has 2 bridgehead atoms. The Morgan fingerprint density at radius 1 is 1.11 bits per heavy atom. The van der Waals surface area contributed by atoms with Gasteiger partial charge in [-0.05, 0) is 62.8 Å². The minimum absolute atomic E-state index is 0.00189.